The summed E-state index contributed by atoms with van der Waals surface area (Å²) in [6.07, 6.45) is 0.0605. The Bertz CT molecular complexity index is 500. The summed E-state index contributed by atoms with van der Waals surface area (Å²) < 4.78 is 18.2. The van der Waals surface area contributed by atoms with Crippen LogP contribution in [0.2, 0.25) is 5.02 Å². The fourth-order valence-electron chi connectivity index (χ4n) is 1.55. The van der Waals surface area contributed by atoms with Gasteiger partial charge >= 0.3 is 6.09 Å². The van der Waals surface area contributed by atoms with Gasteiger partial charge in [-0.1, -0.05) is 17.7 Å². The Hall–Kier alpha value is -1.62. The normalized spacial score (nSPS) is 12.7. The highest BCUT2D eigenvalue weighted by atomic mass is 35.5. The summed E-state index contributed by atoms with van der Waals surface area (Å²) in [5.74, 6) is -0.558. The molecular formula is C14H17ClFNO3. The van der Waals surface area contributed by atoms with Gasteiger partial charge in [-0.05, 0) is 38.5 Å². The molecule has 0 aromatic heterocycles. The standard InChI is InChI=1S/C14H17ClFNO3/c1-14(2,3)20-13(19)17-12(6-7-18)9-4-5-11(16)10(15)8-9/h4-5,7-8,12H,6H2,1-3H3,(H,17,19)/t12-/m0/s1. The van der Waals surface area contributed by atoms with Crippen molar-refractivity contribution in [1.29, 1.82) is 0 Å². The second-order valence-electron chi connectivity index (χ2n) is 5.27. The topological polar surface area (TPSA) is 55.4 Å². The Labute approximate surface area is 122 Å². The Kier molecular flexibility index (Phi) is 5.51. The molecule has 1 aromatic carbocycles. The minimum absolute atomic E-state index is 0.0429. The molecule has 6 heteroatoms. The van der Waals surface area contributed by atoms with Crippen LogP contribution in [-0.2, 0) is 9.53 Å². The number of rotatable bonds is 4. The van der Waals surface area contributed by atoms with E-state index >= 15 is 0 Å². The Morgan fingerprint density at radius 2 is 2.15 bits per heavy atom. The Balaban J connectivity index is 2.85. The van der Waals surface area contributed by atoms with Gasteiger partial charge in [0.15, 0.2) is 0 Å². The molecule has 0 bridgehead atoms. The highest BCUT2D eigenvalue weighted by molar-refractivity contribution is 6.30. The predicted molar refractivity (Wildman–Crippen MR) is 74.2 cm³/mol. The molecule has 0 aliphatic rings. The summed E-state index contributed by atoms with van der Waals surface area (Å²) in [6.45, 7) is 5.20. The highest BCUT2D eigenvalue weighted by Gasteiger charge is 2.20. The summed E-state index contributed by atoms with van der Waals surface area (Å²) in [5, 5.41) is 2.50. The van der Waals surface area contributed by atoms with Crippen molar-refractivity contribution in [3.8, 4) is 0 Å². The van der Waals surface area contributed by atoms with Crippen LogP contribution in [-0.4, -0.2) is 18.0 Å². The maximum absolute atomic E-state index is 13.1. The van der Waals surface area contributed by atoms with Crippen molar-refractivity contribution in [2.75, 3.05) is 0 Å². The molecule has 1 atom stereocenters. The summed E-state index contributed by atoms with van der Waals surface area (Å²) in [5.41, 5.74) is -0.106. The lowest BCUT2D eigenvalue weighted by Gasteiger charge is -2.23. The minimum Gasteiger partial charge on any atom is -0.444 e. The van der Waals surface area contributed by atoms with E-state index in [9.17, 15) is 14.0 Å². The molecule has 1 rings (SSSR count). The molecule has 0 aliphatic heterocycles. The van der Waals surface area contributed by atoms with Crippen molar-refractivity contribution in [2.24, 2.45) is 0 Å². The van der Waals surface area contributed by atoms with Crippen molar-refractivity contribution in [1.82, 2.24) is 5.32 Å². The van der Waals surface area contributed by atoms with Gasteiger partial charge in [0.25, 0.3) is 0 Å². The summed E-state index contributed by atoms with van der Waals surface area (Å²) in [4.78, 5) is 22.4. The molecule has 0 radical (unpaired) electrons. The minimum atomic E-state index is -0.648. The van der Waals surface area contributed by atoms with Crippen LogP contribution >= 0.6 is 11.6 Å². The van der Waals surface area contributed by atoms with Gasteiger partial charge in [-0.3, -0.25) is 0 Å². The SMILES string of the molecule is CC(C)(C)OC(=O)N[C@@H](CC=O)c1ccc(F)c(Cl)c1. The lowest BCUT2D eigenvalue weighted by atomic mass is 10.0. The van der Waals surface area contributed by atoms with E-state index in [-0.39, 0.29) is 11.4 Å². The molecule has 0 fully saturated rings. The molecule has 1 N–H and O–H groups in total. The maximum atomic E-state index is 13.1. The zero-order chi connectivity index (χ0) is 15.3. The van der Waals surface area contributed by atoms with Crippen LogP contribution < -0.4 is 5.32 Å². The van der Waals surface area contributed by atoms with Crippen LogP contribution in [0.5, 0.6) is 0 Å². The molecule has 0 unspecified atom stereocenters. The molecule has 0 spiro atoms. The van der Waals surface area contributed by atoms with E-state index < -0.39 is 23.6 Å². The van der Waals surface area contributed by atoms with Crippen LogP contribution in [0.25, 0.3) is 0 Å². The Morgan fingerprint density at radius 1 is 1.50 bits per heavy atom. The van der Waals surface area contributed by atoms with E-state index in [0.29, 0.717) is 11.8 Å². The first kappa shape index (κ1) is 16.4. The number of alkyl carbamates (subject to hydrolysis) is 1. The van der Waals surface area contributed by atoms with Crippen LogP contribution in [0.4, 0.5) is 9.18 Å². The number of hydrogen-bond donors (Lipinski definition) is 1. The molecule has 1 amide bonds. The maximum Gasteiger partial charge on any atom is 0.408 e. The number of amides is 1. The van der Waals surface area contributed by atoms with E-state index in [0.717, 1.165) is 0 Å². The van der Waals surface area contributed by atoms with Crippen LogP contribution in [0.15, 0.2) is 18.2 Å². The molecule has 0 saturated carbocycles. The number of halogens is 2. The molecule has 0 saturated heterocycles. The van der Waals surface area contributed by atoms with E-state index in [4.69, 9.17) is 16.3 Å². The van der Waals surface area contributed by atoms with Gasteiger partial charge in [0, 0.05) is 6.42 Å². The predicted octanol–water partition coefficient (Wildman–Crippen LogP) is 3.63. The number of carbonyl (C=O) groups is 2. The number of benzene rings is 1. The molecule has 0 aliphatic carbocycles. The zero-order valence-corrected chi connectivity index (χ0v) is 12.3. The average molecular weight is 302 g/mol. The van der Waals surface area contributed by atoms with E-state index in [2.05, 4.69) is 5.32 Å². The zero-order valence-electron chi connectivity index (χ0n) is 11.6. The van der Waals surface area contributed by atoms with Crippen molar-refractivity contribution in [3.05, 3.63) is 34.6 Å². The second-order valence-corrected chi connectivity index (χ2v) is 5.68. The van der Waals surface area contributed by atoms with Crippen molar-refractivity contribution >= 4 is 24.0 Å². The lowest BCUT2D eigenvalue weighted by molar-refractivity contribution is -0.108. The van der Waals surface area contributed by atoms with Crippen molar-refractivity contribution in [3.63, 3.8) is 0 Å². The fraction of sp³-hybridized carbons (Fsp3) is 0.429. The third-order valence-electron chi connectivity index (χ3n) is 2.37. The summed E-state index contributed by atoms with van der Waals surface area (Å²) >= 11 is 5.69. The van der Waals surface area contributed by atoms with Gasteiger partial charge in [-0.2, -0.15) is 0 Å². The number of carbonyl (C=O) groups excluding carboxylic acids is 2. The van der Waals surface area contributed by atoms with Crippen LogP contribution in [0.1, 0.15) is 38.8 Å². The summed E-state index contributed by atoms with van der Waals surface area (Å²) in [7, 11) is 0. The van der Waals surface area contributed by atoms with E-state index in [1.54, 1.807) is 20.8 Å². The van der Waals surface area contributed by atoms with E-state index in [1.807, 2.05) is 0 Å². The Morgan fingerprint density at radius 3 is 2.65 bits per heavy atom. The quantitative estimate of drug-likeness (QED) is 0.864. The average Bonchev–Trinajstić information content (AvgIpc) is 2.30. The molecule has 110 valence electrons. The lowest BCUT2D eigenvalue weighted by Crippen LogP contribution is -2.35. The third kappa shape index (κ3) is 5.17. The molecule has 0 heterocycles. The van der Waals surface area contributed by atoms with Gasteiger partial charge < -0.3 is 14.8 Å². The van der Waals surface area contributed by atoms with Gasteiger partial charge in [0.2, 0.25) is 0 Å². The van der Waals surface area contributed by atoms with Crippen LogP contribution in [0.3, 0.4) is 0 Å². The number of hydrogen-bond acceptors (Lipinski definition) is 3. The van der Waals surface area contributed by atoms with Gasteiger partial charge in [0.1, 0.15) is 17.7 Å². The highest BCUT2D eigenvalue weighted by Crippen LogP contribution is 2.23. The van der Waals surface area contributed by atoms with E-state index in [1.165, 1.54) is 18.2 Å². The molecule has 1 aromatic rings. The summed E-state index contributed by atoms with van der Waals surface area (Å²) in [6, 6.07) is 3.42. The third-order valence-corrected chi connectivity index (χ3v) is 2.66. The number of aldehydes is 1. The monoisotopic (exact) mass is 301 g/mol. The van der Waals surface area contributed by atoms with Crippen molar-refractivity contribution in [2.45, 2.75) is 38.8 Å². The first-order valence-corrected chi connectivity index (χ1v) is 6.49. The fourth-order valence-corrected chi connectivity index (χ4v) is 1.74. The molecule has 4 nitrogen and oxygen atoms in total. The first-order chi connectivity index (χ1) is 9.23. The molecule has 20 heavy (non-hydrogen) atoms. The first-order valence-electron chi connectivity index (χ1n) is 6.11. The number of nitrogens with one attached hydrogen (secondary N) is 1. The molecular weight excluding hydrogens is 285 g/mol. The van der Waals surface area contributed by atoms with Gasteiger partial charge in [-0.25, -0.2) is 9.18 Å². The van der Waals surface area contributed by atoms with Crippen LogP contribution in [0, 0.1) is 5.82 Å². The smallest absolute Gasteiger partial charge is 0.408 e. The number of ether oxygens (including phenoxy) is 1. The van der Waals surface area contributed by atoms with Gasteiger partial charge in [0.05, 0.1) is 11.1 Å². The second kappa shape index (κ2) is 6.70. The largest absolute Gasteiger partial charge is 0.444 e. The van der Waals surface area contributed by atoms with Crippen molar-refractivity contribution < 1.29 is 18.7 Å². The van der Waals surface area contributed by atoms with Gasteiger partial charge in [-0.15, -0.1) is 0 Å².